The molecule has 88 valence electrons. The summed E-state index contributed by atoms with van der Waals surface area (Å²) in [6.07, 6.45) is 4.48. The molecule has 2 saturated carbocycles. The minimum absolute atomic E-state index is 0.112. The zero-order chi connectivity index (χ0) is 11.7. The minimum atomic E-state index is -0.814. The molecule has 2 fully saturated rings. The molecule has 0 unspecified atom stereocenters. The van der Waals surface area contributed by atoms with E-state index in [-0.39, 0.29) is 23.7 Å². The maximum atomic E-state index is 11.9. The number of amides is 1. The van der Waals surface area contributed by atoms with E-state index in [4.69, 9.17) is 0 Å². The molecule has 0 aromatic heterocycles. The number of hydrogen-bond donors (Lipinski definition) is 2. The van der Waals surface area contributed by atoms with Crippen molar-refractivity contribution in [1.29, 1.82) is 0 Å². The Morgan fingerprint density at radius 3 is 2.50 bits per heavy atom. The predicted octanol–water partition coefficient (Wildman–Crippen LogP) is 1.04. The molecule has 4 atom stereocenters. The molecule has 0 heterocycles. The maximum Gasteiger partial charge on any atom is 0.307 e. The standard InChI is InChI=1S/C12H17NO3/c1-2-5-13-11(14)9-7-3-4-8(6-7)10(9)12(15)16/h2,7-10H,1,3-6H2,(H,13,14)(H,15,16)/t7-,8+,9-,10-/m1/s1. The first-order valence-electron chi connectivity index (χ1n) is 5.76. The topological polar surface area (TPSA) is 66.4 Å². The summed E-state index contributed by atoms with van der Waals surface area (Å²) in [5.41, 5.74) is 0. The van der Waals surface area contributed by atoms with E-state index in [0.29, 0.717) is 6.54 Å². The van der Waals surface area contributed by atoms with E-state index < -0.39 is 11.9 Å². The van der Waals surface area contributed by atoms with Gasteiger partial charge in [0.25, 0.3) is 0 Å². The van der Waals surface area contributed by atoms with Gasteiger partial charge in [0.1, 0.15) is 0 Å². The second-order valence-corrected chi connectivity index (χ2v) is 4.76. The maximum absolute atomic E-state index is 11.9. The van der Waals surface area contributed by atoms with Crippen LogP contribution in [0.1, 0.15) is 19.3 Å². The summed E-state index contributed by atoms with van der Waals surface area (Å²) < 4.78 is 0. The van der Waals surface area contributed by atoms with Crippen LogP contribution >= 0.6 is 0 Å². The molecule has 0 aromatic rings. The minimum Gasteiger partial charge on any atom is -0.481 e. The molecule has 2 N–H and O–H groups in total. The number of carboxylic acids is 1. The van der Waals surface area contributed by atoms with Crippen LogP contribution in [0.4, 0.5) is 0 Å². The molecule has 1 amide bonds. The molecular weight excluding hydrogens is 206 g/mol. The average molecular weight is 223 g/mol. The fourth-order valence-electron chi connectivity index (χ4n) is 3.31. The van der Waals surface area contributed by atoms with Gasteiger partial charge in [0, 0.05) is 6.54 Å². The van der Waals surface area contributed by atoms with Crippen LogP contribution in [0.25, 0.3) is 0 Å². The number of hydrogen-bond acceptors (Lipinski definition) is 2. The number of carboxylic acid groups (broad SMARTS) is 1. The van der Waals surface area contributed by atoms with Crippen LogP contribution in [0.2, 0.25) is 0 Å². The highest BCUT2D eigenvalue weighted by Gasteiger charge is 2.53. The van der Waals surface area contributed by atoms with Crippen molar-refractivity contribution in [2.45, 2.75) is 19.3 Å². The number of aliphatic carboxylic acids is 1. The normalized spacial score (nSPS) is 36.0. The highest BCUT2D eigenvalue weighted by molar-refractivity contribution is 5.86. The predicted molar refractivity (Wildman–Crippen MR) is 58.7 cm³/mol. The third kappa shape index (κ3) is 1.72. The number of carbonyl (C=O) groups is 2. The first-order valence-corrected chi connectivity index (χ1v) is 5.76. The third-order valence-corrected chi connectivity index (χ3v) is 3.92. The van der Waals surface area contributed by atoms with E-state index in [2.05, 4.69) is 11.9 Å². The largest absolute Gasteiger partial charge is 0.481 e. The number of fused-ring (bicyclic) bond motifs is 2. The summed E-state index contributed by atoms with van der Waals surface area (Å²) in [6.45, 7) is 3.95. The molecule has 4 nitrogen and oxygen atoms in total. The summed E-state index contributed by atoms with van der Waals surface area (Å²) in [5, 5.41) is 11.9. The lowest BCUT2D eigenvalue weighted by Gasteiger charge is -2.26. The van der Waals surface area contributed by atoms with Crippen LogP contribution in [0, 0.1) is 23.7 Å². The lowest BCUT2D eigenvalue weighted by atomic mass is 9.79. The molecule has 16 heavy (non-hydrogen) atoms. The van der Waals surface area contributed by atoms with E-state index in [1.165, 1.54) is 0 Å². The van der Waals surface area contributed by atoms with Crippen LogP contribution in [0.15, 0.2) is 12.7 Å². The Morgan fingerprint density at radius 2 is 1.94 bits per heavy atom. The summed E-state index contributed by atoms with van der Waals surface area (Å²) in [4.78, 5) is 23.1. The van der Waals surface area contributed by atoms with Crippen molar-refractivity contribution >= 4 is 11.9 Å². The monoisotopic (exact) mass is 223 g/mol. The van der Waals surface area contributed by atoms with Crippen molar-refractivity contribution in [2.24, 2.45) is 23.7 Å². The molecule has 2 bridgehead atoms. The molecule has 0 aliphatic heterocycles. The van der Waals surface area contributed by atoms with Gasteiger partial charge in [-0.1, -0.05) is 6.08 Å². The van der Waals surface area contributed by atoms with Crippen molar-refractivity contribution in [3.05, 3.63) is 12.7 Å². The Labute approximate surface area is 94.7 Å². The lowest BCUT2D eigenvalue weighted by molar-refractivity contribution is -0.149. The fraction of sp³-hybridized carbons (Fsp3) is 0.667. The fourth-order valence-corrected chi connectivity index (χ4v) is 3.31. The van der Waals surface area contributed by atoms with Crippen LogP contribution < -0.4 is 5.32 Å². The molecule has 2 aliphatic rings. The second-order valence-electron chi connectivity index (χ2n) is 4.76. The Morgan fingerprint density at radius 1 is 1.31 bits per heavy atom. The average Bonchev–Trinajstić information content (AvgIpc) is 2.84. The van der Waals surface area contributed by atoms with Gasteiger partial charge in [-0.15, -0.1) is 6.58 Å². The van der Waals surface area contributed by atoms with Gasteiger partial charge in [-0.2, -0.15) is 0 Å². The van der Waals surface area contributed by atoms with Gasteiger partial charge < -0.3 is 10.4 Å². The third-order valence-electron chi connectivity index (χ3n) is 3.92. The van der Waals surface area contributed by atoms with Gasteiger partial charge in [0.05, 0.1) is 11.8 Å². The first kappa shape index (κ1) is 11.2. The number of rotatable bonds is 4. The van der Waals surface area contributed by atoms with Crippen molar-refractivity contribution < 1.29 is 14.7 Å². The highest BCUT2D eigenvalue weighted by atomic mass is 16.4. The van der Waals surface area contributed by atoms with E-state index >= 15 is 0 Å². The van der Waals surface area contributed by atoms with Crippen molar-refractivity contribution in [2.75, 3.05) is 6.54 Å². The van der Waals surface area contributed by atoms with Gasteiger partial charge in [0.15, 0.2) is 0 Å². The zero-order valence-corrected chi connectivity index (χ0v) is 9.19. The Hall–Kier alpha value is -1.32. The van der Waals surface area contributed by atoms with Crippen LogP contribution in [0.3, 0.4) is 0 Å². The van der Waals surface area contributed by atoms with Crippen LogP contribution in [-0.2, 0) is 9.59 Å². The smallest absolute Gasteiger partial charge is 0.307 e. The van der Waals surface area contributed by atoms with Gasteiger partial charge >= 0.3 is 5.97 Å². The van der Waals surface area contributed by atoms with Gasteiger partial charge in [-0.25, -0.2) is 0 Å². The van der Waals surface area contributed by atoms with Crippen molar-refractivity contribution in [3.8, 4) is 0 Å². The van der Waals surface area contributed by atoms with Gasteiger partial charge in [0.2, 0.25) is 5.91 Å². The molecular formula is C12H17NO3. The summed E-state index contributed by atoms with van der Waals surface area (Å²) in [5.74, 6) is -1.23. The van der Waals surface area contributed by atoms with E-state index in [1.807, 2.05) is 0 Å². The molecule has 2 aliphatic carbocycles. The molecule has 4 heteroatoms. The van der Waals surface area contributed by atoms with Crippen molar-refractivity contribution in [1.82, 2.24) is 5.32 Å². The number of nitrogens with one attached hydrogen (secondary N) is 1. The Bertz CT molecular complexity index is 326. The van der Waals surface area contributed by atoms with Crippen LogP contribution in [-0.4, -0.2) is 23.5 Å². The molecule has 0 spiro atoms. The SMILES string of the molecule is C=CCNC(=O)[C@@H]1[C@@H]2CC[C@@H](C2)[C@H]1C(=O)O. The molecule has 0 radical (unpaired) electrons. The quantitative estimate of drug-likeness (QED) is 0.700. The zero-order valence-electron chi connectivity index (χ0n) is 9.19. The molecule has 0 aromatic carbocycles. The highest BCUT2D eigenvalue weighted by Crippen LogP contribution is 2.52. The first-order chi connectivity index (χ1) is 7.65. The molecule has 0 saturated heterocycles. The Balaban J connectivity index is 2.09. The lowest BCUT2D eigenvalue weighted by Crippen LogP contribution is -2.41. The van der Waals surface area contributed by atoms with Crippen LogP contribution in [0.5, 0.6) is 0 Å². The van der Waals surface area contributed by atoms with Gasteiger partial charge in [-0.05, 0) is 31.1 Å². The van der Waals surface area contributed by atoms with Gasteiger partial charge in [-0.3, -0.25) is 9.59 Å². The Kier molecular flexibility index (Phi) is 2.99. The van der Waals surface area contributed by atoms with Crippen molar-refractivity contribution in [3.63, 3.8) is 0 Å². The van der Waals surface area contributed by atoms with E-state index in [0.717, 1.165) is 19.3 Å². The summed E-state index contributed by atoms with van der Waals surface area (Å²) >= 11 is 0. The summed E-state index contributed by atoms with van der Waals surface area (Å²) in [7, 11) is 0. The van der Waals surface area contributed by atoms with E-state index in [9.17, 15) is 14.7 Å². The van der Waals surface area contributed by atoms with E-state index in [1.54, 1.807) is 6.08 Å². The molecule has 2 rings (SSSR count). The number of carbonyl (C=O) groups excluding carboxylic acids is 1. The second kappa shape index (κ2) is 4.28. The summed E-state index contributed by atoms with van der Waals surface area (Å²) in [6, 6.07) is 0.